The maximum absolute atomic E-state index is 12.7. The Morgan fingerprint density at radius 1 is 1.04 bits per heavy atom. The monoisotopic (exact) mass is 340 g/mol. The highest BCUT2D eigenvalue weighted by Crippen LogP contribution is 2.43. The summed E-state index contributed by atoms with van der Waals surface area (Å²) < 4.78 is 0. The molecule has 114 valence electrons. The minimum atomic E-state index is -0.110. The lowest BCUT2D eigenvalue weighted by atomic mass is 10.1. The second-order valence-corrected chi connectivity index (χ2v) is 7.02. The molecule has 0 atom stereocenters. The Morgan fingerprint density at radius 2 is 1.78 bits per heavy atom. The first-order chi connectivity index (χ1) is 11.1. The average molecular weight is 340 g/mol. The van der Waals surface area contributed by atoms with Gasteiger partial charge in [-0.3, -0.25) is 4.79 Å². The van der Waals surface area contributed by atoms with E-state index in [9.17, 15) is 4.79 Å². The van der Waals surface area contributed by atoms with E-state index in [0.29, 0.717) is 37.2 Å². The van der Waals surface area contributed by atoms with Crippen molar-refractivity contribution in [1.82, 2.24) is 4.98 Å². The minimum Gasteiger partial charge on any atom is -0.397 e. The summed E-state index contributed by atoms with van der Waals surface area (Å²) in [5.41, 5.74) is 19.3. The Kier molecular flexibility index (Phi) is 3.00. The van der Waals surface area contributed by atoms with Crippen LogP contribution in [0.2, 0.25) is 0 Å². The van der Waals surface area contributed by atoms with Crippen LogP contribution in [0.15, 0.2) is 35.7 Å². The Labute approximate surface area is 139 Å². The van der Waals surface area contributed by atoms with Crippen molar-refractivity contribution in [2.45, 2.75) is 0 Å². The molecule has 4 rings (SSSR count). The molecule has 0 saturated carbocycles. The van der Waals surface area contributed by atoms with Gasteiger partial charge in [0.2, 0.25) is 5.78 Å². The maximum Gasteiger partial charge on any atom is 0.205 e. The van der Waals surface area contributed by atoms with Crippen molar-refractivity contribution in [3.63, 3.8) is 0 Å². The summed E-state index contributed by atoms with van der Waals surface area (Å²) in [6.45, 7) is 0. The first kappa shape index (κ1) is 14.0. The van der Waals surface area contributed by atoms with Crippen molar-refractivity contribution in [3.05, 3.63) is 46.2 Å². The maximum atomic E-state index is 12.7. The highest BCUT2D eigenvalue weighted by atomic mass is 32.1. The normalized spacial score (nSPS) is 11.3. The van der Waals surface area contributed by atoms with E-state index in [1.165, 1.54) is 22.7 Å². The van der Waals surface area contributed by atoms with Gasteiger partial charge in [0, 0.05) is 21.7 Å². The molecule has 23 heavy (non-hydrogen) atoms. The quantitative estimate of drug-likeness (QED) is 0.484. The van der Waals surface area contributed by atoms with Gasteiger partial charge in [-0.05, 0) is 0 Å². The van der Waals surface area contributed by atoms with Gasteiger partial charge < -0.3 is 17.2 Å². The topological polar surface area (TPSA) is 108 Å². The summed E-state index contributed by atoms with van der Waals surface area (Å²) in [5.74, 6) is 0.257. The number of hydrogen-bond donors (Lipinski definition) is 3. The zero-order valence-corrected chi connectivity index (χ0v) is 13.5. The summed E-state index contributed by atoms with van der Waals surface area (Å²) in [6.07, 6.45) is 0. The van der Waals surface area contributed by atoms with Gasteiger partial charge in [0.15, 0.2) is 0 Å². The predicted molar refractivity (Wildman–Crippen MR) is 98.1 cm³/mol. The van der Waals surface area contributed by atoms with Crippen LogP contribution in [0.4, 0.5) is 16.5 Å². The molecule has 5 nitrogen and oxygen atoms in total. The molecular formula is C16H12N4OS2. The van der Waals surface area contributed by atoms with E-state index in [0.717, 1.165) is 10.8 Å². The standard InChI is InChI=1S/C16H12N4OS2/c17-11-9-8-6-22-15(19)10(8)14(18)20-16(9)23-13(11)12(21)7-4-2-1-3-5-7/h1-6H,17,19H2,(H2,18,20). The molecule has 0 aliphatic rings. The van der Waals surface area contributed by atoms with E-state index in [-0.39, 0.29) is 5.78 Å². The molecule has 0 bridgehead atoms. The number of anilines is 3. The number of pyridine rings is 1. The third-order valence-electron chi connectivity index (χ3n) is 3.74. The molecule has 0 amide bonds. The molecule has 7 heteroatoms. The number of nitrogens with two attached hydrogens (primary N) is 3. The predicted octanol–water partition coefficient (Wildman–Crippen LogP) is 3.49. The molecule has 0 unspecified atom stereocenters. The number of aromatic nitrogens is 1. The van der Waals surface area contributed by atoms with E-state index < -0.39 is 0 Å². The van der Waals surface area contributed by atoms with Crippen LogP contribution < -0.4 is 17.2 Å². The summed E-state index contributed by atoms with van der Waals surface area (Å²) in [7, 11) is 0. The Morgan fingerprint density at radius 3 is 2.52 bits per heavy atom. The molecule has 6 N–H and O–H groups in total. The van der Waals surface area contributed by atoms with Crippen molar-refractivity contribution < 1.29 is 4.79 Å². The zero-order chi connectivity index (χ0) is 16.1. The molecular weight excluding hydrogens is 328 g/mol. The van der Waals surface area contributed by atoms with Crippen molar-refractivity contribution >= 4 is 66.0 Å². The molecule has 3 heterocycles. The van der Waals surface area contributed by atoms with Crippen LogP contribution in [-0.4, -0.2) is 10.8 Å². The number of benzene rings is 1. The van der Waals surface area contributed by atoms with Crippen LogP contribution in [0.3, 0.4) is 0 Å². The molecule has 0 saturated heterocycles. The molecule has 0 aliphatic carbocycles. The summed E-state index contributed by atoms with van der Waals surface area (Å²) in [5, 5.41) is 4.84. The van der Waals surface area contributed by atoms with Gasteiger partial charge in [-0.15, -0.1) is 22.7 Å². The Balaban J connectivity index is 2.02. The van der Waals surface area contributed by atoms with Crippen LogP contribution in [0.25, 0.3) is 21.0 Å². The minimum absolute atomic E-state index is 0.110. The third-order valence-corrected chi connectivity index (χ3v) is 5.65. The van der Waals surface area contributed by atoms with Crippen molar-refractivity contribution in [2.75, 3.05) is 17.2 Å². The Bertz CT molecular complexity index is 1070. The first-order valence-corrected chi connectivity index (χ1v) is 8.51. The number of nitrogen functional groups attached to an aromatic ring is 3. The lowest BCUT2D eigenvalue weighted by Crippen LogP contribution is -2.01. The lowest BCUT2D eigenvalue weighted by Gasteiger charge is -2.01. The van der Waals surface area contributed by atoms with Gasteiger partial charge in [0.1, 0.15) is 15.5 Å². The third kappa shape index (κ3) is 1.97. The average Bonchev–Trinajstić information content (AvgIpc) is 3.09. The number of rotatable bonds is 2. The number of carbonyl (C=O) groups is 1. The molecule has 0 spiro atoms. The number of nitrogens with zero attached hydrogens (tertiary/aromatic N) is 1. The van der Waals surface area contributed by atoms with Gasteiger partial charge in [-0.2, -0.15) is 0 Å². The van der Waals surface area contributed by atoms with Gasteiger partial charge in [0.05, 0.1) is 16.1 Å². The fourth-order valence-electron chi connectivity index (χ4n) is 2.65. The first-order valence-electron chi connectivity index (χ1n) is 6.81. The summed E-state index contributed by atoms with van der Waals surface area (Å²) >= 11 is 2.65. The number of ketones is 1. The molecule has 1 aromatic carbocycles. The fraction of sp³-hybridized carbons (Fsp3) is 0. The molecule has 0 radical (unpaired) electrons. The smallest absolute Gasteiger partial charge is 0.205 e. The molecule has 3 aromatic heterocycles. The van der Waals surface area contributed by atoms with E-state index in [1.54, 1.807) is 12.1 Å². The molecule has 0 aliphatic heterocycles. The lowest BCUT2D eigenvalue weighted by molar-refractivity contribution is 0.104. The van der Waals surface area contributed by atoms with Gasteiger partial charge >= 0.3 is 0 Å². The number of thiophene rings is 2. The Hall–Kier alpha value is -2.64. The fourth-order valence-corrected chi connectivity index (χ4v) is 4.54. The van der Waals surface area contributed by atoms with Crippen LogP contribution in [0.1, 0.15) is 15.2 Å². The van der Waals surface area contributed by atoms with Crippen LogP contribution in [-0.2, 0) is 0 Å². The summed E-state index contributed by atoms with van der Waals surface area (Å²) in [4.78, 5) is 18.2. The van der Waals surface area contributed by atoms with Crippen molar-refractivity contribution in [3.8, 4) is 0 Å². The van der Waals surface area contributed by atoms with E-state index in [2.05, 4.69) is 4.98 Å². The van der Waals surface area contributed by atoms with Crippen LogP contribution >= 0.6 is 22.7 Å². The van der Waals surface area contributed by atoms with Crippen molar-refractivity contribution in [1.29, 1.82) is 0 Å². The van der Waals surface area contributed by atoms with Crippen LogP contribution in [0, 0.1) is 0 Å². The summed E-state index contributed by atoms with van der Waals surface area (Å²) in [6, 6.07) is 9.05. The van der Waals surface area contributed by atoms with Crippen LogP contribution in [0.5, 0.6) is 0 Å². The number of fused-ring (bicyclic) bond motifs is 3. The van der Waals surface area contributed by atoms with E-state index in [1.807, 2.05) is 23.6 Å². The van der Waals surface area contributed by atoms with Gasteiger partial charge in [-0.25, -0.2) is 4.98 Å². The van der Waals surface area contributed by atoms with Gasteiger partial charge in [0.25, 0.3) is 0 Å². The second kappa shape index (κ2) is 4.94. The van der Waals surface area contributed by atoms with E-state index in [4.69, 9.17) is 17.2 Å². The highest BCUT2D eigenvalue weighted by molar-refractivity contribution is 7.22. The molecule has 0 fully saturated rings. The largest absolute Gasteiger partial charge is 0.397 e. The van der Waals surface area contributed by atoms with E-state index >= 15 is 0 Å². The van der Waals surface area contributed by atoms with Crippen molar-refractivity contribution in [2.24, 2.45) is 0 Å². The number of hydrogen-bond acceptors (Lipinski definition) is 7. The SMILES string of the molecule is Nc1nc2sc(C(=O)c3ccccc3)c(N)c2c2csc(N)c12. The van der Waals surface area contributed by atoms with Gasteiger partial charge in [-0.1, -0.05) is 30.3 Å². The number of carbonyl (C=O) groups excluding carboxylic acids is 1. The molecule has 4 aromatic rings. The second-order valence-electron chi connectivity index (χ2n) is 5.11. The zero-order valence-electron chi connectivity index (χ0n) is 11.9. The highest BCUT2D eigenvalue weighted by Gasteiger charge is 2.22.